The molecule has 1 aromatic rings. The summed E-state index contributed by atoms with van der Waals surface area (Å²) in [4.78, 5) is 36.8. The van der Waals surface area contributed by atoms with E-state index >= 15 is 0 Å². The molecule has 10 heteroatoms. The van der Waals surface area contributed by atoms with Crippen molar-refractivity contribution in [3.05, 3.63) is 30.3 Å². The van der Waals surface area contributed by atoms with Crippen LogP contribution < -0.4 is 66.5 Å². The molecule has 2 saturated heterocycles. The molecule has 8 nitrogen and oxygen atoms in total. The van der Waals surface area contributed by atoms with Crippen LogP contribution in [-0.2, 0) is 14.4 Å². The van der Waals surface area contributed by atoms with Crippen LogP contribution in [0.4, 0.5) is 0 Å². The van der Waals surface area contributed by atoms with E-state index in [9.17, 15) is 19.5 Å². The molecule has 148 valence electrons. The first-order chi connectivity index (χ1) is 12.7. The number of para-hydroxylation sites is 1. The number of β-lactam (4-membered cyclic amide) rings is 1. The monoisotopic (exact) mass is 434 g/mol. The van der Waals surface area contributed by atoms with Crippen molar-refractivity contribution in [1.29, 1.82) is 0 Å². The Morgan fingerprint density at radius 1 is 1.32 bits per heavy atom. The Labute approximate surface area is 210 Å². The standard InChI is InChI=1S/C16H18N2O5S.C2H6O.K/c1-16(2)12(15(21)22)18-13(20)11(14(18)24-16)17-10(19)8-23-9-6-4-3-5-7-9;1-2-3;/h3-7,11-12,14H,8H2,1-2H3,(H,17,19)(H,21,22);3H,2H2,1H3;/q;;+1/p-1/t11-,12+,14-;;/m1../s1. The van der Waals surface area contributed by atoms with Crippen LogP contribution in [0.1, 0.15) is 20.8 Å². The zero-order chi connectivity index (χ0) is 20.2. The Hall–Kier alpha value is -0.624. The van der Waals surface area contributed by atoms with Crippen LogP contribution >= 0.6 is 11.8 Å². The molecule has 0 spiro atoms. The van der Waals surface area contributed by atoms with Gasteiger partial charge in [-0.15, -0.1) is 11.8 Å². The molecule has 2 fully saturated rings. The molecule has 2 amide bonds. The van der Waals surface area contributed by atoms with Gasteiger partial charge in [0.25, 0.3) is 5.91 Å². The summed E-state index contributed by atoms with van der Waals surface area (Å²) in [6.45, 7) is 5.22. The number of benzene rings is 1. The predicted molar refractivity (Wildman–Crippen MR) is 97.7 cm³/mol. The van der Waals surface area contributed by atoms with Crippen molar-refractivity contribution in [3.8, 4) is 5.75 Å². The smallest absolute Gasteiger partial charge is 0.548 e. The Morgan fingerprint density at radius 3 is 2.43 bits per heavy atom. The number of hydrogen-bond donors (Lipinski definition) is 2. The van der Waals surface area contributed by atoms with E-state index in [1.54, 1.807) is 45.0 Å². The number of carboxylic acids is 1. The molecule has 2 N–H and O–H groups in total. The minimum atomic E-state index is -1.28. The number of aliphatic hydroxyl groups is 1. The third-order valence-corrected chi connectivity index (χ3v) is 5.67. The predicted octanol–water partition coefficient (Wildman–Crippen LogP) is -3.63. The number of aliphatic carboxylic acids is 1. The minimum absolute atomic E-state index is 0. The SMILES string of the molecule is CC1(C)S[C@@H]2[C@H](NC(=O)COc3ccccc3)C(=O)N2[C@H]1C(=O)[O-].CCO.[K+]. The third-order valence-electron chi connectivity index (χ3n) is 4.09. The largest absolute Gasteiger partial charge is 1.00 e. The normalized spacial score (nSPS) is 23.9. The van der Waals surface area contributed by atoms with Gasteiger partial charge in [-0.2, -0.15) is 0 Å². The Bertz CT molecular complexity index is 703. The van der Waals surface area contributed by atoms with Crippen molar-refractivity contribution in [2.24, 2.45) is 0 Å². The number of rotatable bonds is 5. The molecular formula is C18H23KN2O6S. The average molecular weight is 435 g/mol. The number of aliphatic hydroxyl groups excluding tert-OH is 1. The Balaban J connectivity index is 0.000000921. The number of amides is 2. The number of carbonyl (C=O) groups excluding carboxylic acids is 3. The maximum absolute atomic E-state index is 12.2. The van der Waals surface area contributed by atoms with Gasteiger partial charge in [0.15, 0.2) is 6.61 Å². The minimum Gasteiger partial charge on any atom is -0.548 e. The summed E-state index contributed by atoms with van der Waals surface area (Å²) in [5, 5.41) is 21.1. The first kappa shape index (κ1) is 25.4. The molecule has 3 rings (SSSR count). The van der Waals surface area contributed by atoms with Gasteiger partial charge in [0.05, 0.1) is 12.0 Å². The fraction of sp³-hybridized carbons (Fsp3) is 0.500. The number of fused-ring (bicyclic) bond motifs is 1. The van der Waals surface area contributed by atoms with Crippen LogP contribution in [0.5, 0.6) is 5.75 Å². The molecular weight excluding hydrogens is 411 g/mol. The average Bonchev–Trinajstić information content (AvgIpc) is 2.87. The van der Waals surface area contributed by atoms with Crippen molar-refractivity contribution in [2.75, 3.05) is 13.2 Å². The first-order valence-corrected chi connectivity index (χ1v) is 9.39. The summed E-state index contributed by atoms with van der Waals surface area (Å²) >= 11 is 1.35. The van der Waals surface area contributed by atoms with Gasteiger partial charge in [0, 0.05) is 11.4 Å². The van der Waals surface area contributed by atoms with Crippen LogP contribution in [0.3, 0.4) is 0 Å². The molecule has 0 unspecified atom stereocenters. The van der Waals surface area contributed by atoms with Gasteiger partial charge in [-0.1, -0.05) is 18.2 Å². The number of ether oxygens (including phenoxy) is 1. The van der Waals surface area contributed by atoms with E-state index in [1.165, 1.54) is 16.7 Å². The van der Waals surface area contributed by atoms with Crippen molar-refractivity contribution >= 4 is 29.5 Å². The van der Waals surface area contributed by atoms with Crippen molar-refractivity contribution in [2.45, 2.75) is 43.0 Å². The maximum Gasteiger partial charge on any atom is 1.00 e. The summed E-state index contributed by atoms with van der Waals surface area (Å²) in [7, 11) is 0. The van der Waals surface area contributed by atoms with Crippen LogP contribution in [-0.4, -0.2) is 63.2 Å². The summed E-state index contributed by atoms with van der Waals surface area (Å²) in [6, 6.07) is 7.14. The van der Waals surface area contributed by atoms with Crippen LogP contribution in [0.2, 0.25) is 0 Å². The molecule has 0 aliphatic carbocycles. The Morgan fingerprint density at radius 2 is 1.89 bits per heavy atom. The fourth-order valence-corrected chi connectivity index (χ4v) is 4.63. The van der Waals surface area contributed by atoms with E-state index < -0.39 is 40.0 Å². The molecule has 0 saturated carbocycles. The molecule has 0 aromatic heterocycles. The van der Waals surface area contributed by atoms with Gasteiger partial charge in [-0.25, -0.2) is 0 Å². The van der Waals surface area contributed by atoms with E-state index in [0.717, 1.165) is 0 Å². The topological polar surface area (TPSA) is 119 Å². The van der Waals surface area contributed by atoms with Crippen LogP contribution in [0.25, 0.3) is 0 Å². The van der Waals surface area contributed by atoms with Crippen molar-refractivity contribution < 1.29 is 80.7 Å². The maximum atomic E-state index is 12.2. The molecule has 3 atom stereocenters. The van der Waals surface area contributed by atoms with E-state index in [4.69, 9.17) is 9.84 Å². The van der Waals surface area contributed by atoms with E-state index in [-0.39, 0.29) is 64.6 Å². The molecule has 2 aliphatic heterocycles. The van der Waals surface area contributed by atoms with Gasteiger partial charge < -0.3 is 30.0 Å². The zero-order valence-electron chi connectivity index (χ0n) is 16.4. The first-order valence-electron chi connectivity index (χ1n) is 8.51. The Kier molecular flexibility index (Phi) is 9.94. The van der Waals surface area contributed by atoms with E-state index in [0.29, 0.717) is 5.75 Å². The molecule has 2 aliphatic rings. The van der Waals surface area contributed by atoms with E-state index in [2.05, 4.69) is 5.32 Å². The zero-order valence-corrected chi connectivity index (χ0v) is 20.3. The summed E-state index contributed by atoms with van der Waals surface area (Å²) < 4.78 is 4.67. The second-order valence-corrected chi connectivity index (χ2v) is 8.31. The fourth-order valence-electron chi connectivity index (χ4n) is 3.01. The number of nitrogens with zero attached hydrogens (tertiary/aromatic N) is 1. The molecule has 28 heavy (non-hydrogen) atoms. The molecule has 2 heterocycles. The number of nitrogens with one attached hydrogen (secondary N) is 1. The number of carbonyl (C=O) groups is 3. The van der Waals surface area contributed by atoms with Gasteiger partial charge in [-0.05, 0) is 32.9 Å². The summed E-state index contributed by atoms with van der Waals surface area (Å²) in [5.41, 5.74) is 0. The molecule has 1 aromatic carbocycles. The summed E-state index contributed by atoms with van der Waals surface area (Å²) in [5.74, 6) is -1.55. The second kappa shape index (κ2) is 11.0. The number of hydrogen-bond acceptors (Lipinski definition) is 7. The van der Waals surface area contributed by atoms with Gasteiger partial charge in [-0.3, -0.25) is 9.59 Å². The van der Waals surface area contributed by atoms with Gasteiger partial charge >= 0.3 is 51.4 Å². The molecule has 0 bridgehead atoms. The number of carboxylic acid groups (broad SMARTS) is 1. The molecule has 0 radical (unpaired) electrons. The number of thioether (sulfide) groups is 1. The van der Waals surface area contributed by atoms with Crippen molar-refractivity contribution in [1.82, 2.24) is 10.2 Å². The quantitative estimate of drug-likeness (QED) is 0.363. The van der Waals surface area contributed by atoms with Crippen LogP contribution in [0.15, 0.2) is 30.3 Å². The van der Waals surface area contributed by atoms with E-state index in [1.807, 2.05) is 6.07 Å². The summed E-state index contributed by atoms with van der Waals surface area (Å²) in [6.07, 6.45) is 0. The second-order valence-electron chi connectivity index (χ2n) is 6.54. The third kappa shape index (κ3) is 5.71. The van der Waals surface area contributed by atoms with Gasteiger partial charge in [0.1, 0.15) is 17.2 Å². The van der Waals surface area contributed by atoms with Crippen LogP contribution in [0, 0.1) is 0 Å². The van der Waals surface area contributed by atoms with Gasteiger partial charge in [0.2, 0.25) is 5.91 Å². The van der Waals surface area contributed by atoms with Crippen molar-refractivity contribution in [3.63, 3.8) is 0 Å².